The lowest BCUT2D eigenvalue weighted by molar-refractivity contribution is 0.237. The first-order valence-electron chi connectivity index (χ1n) is 4.14. The van der Waals surface area contributed by atoms with Crippen LogP contribution in [0.1, 0.15) is 26.2 Å². The fraction of sp³-hybridized carbons (Fsp3) is 1.00. The van der Waals surface area contributed by atoms with Crippen molar-refractivity contribution in [2.75, 3.05) is 13.2 Å². The van der Waals surface area contributed by atoms with Crippen LogP contribution in [0, 0.1) is 5.92 Å². The minimum absolute atomic E-state index is 0.239. The molecule has 1 nitrogen and oxygen atoms in total. The van der Waals surface area contributed by atoms with Crippen LogP contribution in [0.2, 0.25) is 0 Å². The summed E-state index contributed by atoms with van der Waals surface area (Å²) in [5.74, 6) is 0.826. The third kappa shape index (κ3) is 1.94. The molecule has 1 unspecified atom stereocenters. The van der Waals surface area contributed by atoms with E-state index in [0.717, 1.165) is 5.92 Å². The highest BCUT2D eigenvalue weighted by atomic mass is 19.1. The molecule has 60 valence electrons. The topological polar surface area (TPSA) is 12.0 Å². The van der Waals surface area contributed by atoms with Crippen molar-refractivity contribution in [1.29, 1.82) is 0 Å². The van der Waals surface area contributed by atoms with Crippen LogP contribution in [0.4, 0.5) is 4.39 Å². The van der Waals surface area contributed by atoms with E-state index in [0.29, 0.717) is 12.6 Å². The summed E-state index contributed by atoms with van der Waals surface area (Å²) < 4.78 is 11.7. The van der Waals surface area contributed by atoms with Gasteiger partial charge < -0.3 is 5.32 Å². The van der Waals surface area contributed by atoms with E-state index in [-0.39, 0.29) is 6.67 Å². The molecular formula is C8H16FN. The van der Waals surface area contributed by atoms with Gasteiger partial charge in [-0.2, -0.15) is 0 Å². The zero-order valence-electron chi connectivity index (χ0n) is 6.57. The van der Waals surface area contributed by atoms with Crippen molar-refractivity contribution in [2.24, 2.45) is 5.92 Å². The van der Waals surface area contributed by atoms with E-state index in [4.69, 9.17) is 0 Å². The molecule has 10 heavy (non-hydrogen) atoms. The molecule has 0 bridgehead atoms. The SMILES string of the molecule is CC(NCCF)C1CCC1. The quantitative estimate of drug-likeness (QED) is 0.635. The third-order valence-corrected chi connectivity index (χ3v) is 2.42. The molecule has 0 radical (unpaired) electrons. The molecule has 0 aromatic heterocycles. The van der Waals surface area contributed by atoms with E-state index >= 15 is 0 Å². The van der Waals surface area contributed by atoms with Gasteiger partial charge in [-0.25, -0.2) is 4.39 Å². The largest absolute Gasteiger partial charge is 0.311 e. The van der Waals surface area contributed by atoms with Crippen LogP contribution in [-0.2, 0) is 0 Å². The molecule has 0 spiro atoms. The van der Waals surface area contributed by atoms with Crippen molar-refractivity contribution in [3.05, 3.63) is 0 Å². The molecular weight excluding hydrogens is 129 g/mol. The Morgan fingerprint density at radius 1 is 1.60 bits per heavy atom. The van der Waals surface area contributed by atoms with Gasteiger partial charge in [0.05, 0.1) is 0 Å². The van der Waals surface area contributed by atoms with E-state index < -0.39 is 0 Å². The summed E-state index contributed by atoms with van der Waals surface area (Å²) in [6, 6.07) is 0.532. The summed E-state index contributed by atoms with van der Waals surface area (Å²) in [5, 5.41) is 3.16. The van der Waals surface area contributed by atoms with Crippen molar-refractivity contribution in [3.8, 4) is 0 Å². The molecule has 1 N–H and O–H groups in total. The molecule has 2 heteroatoms. The van der Waals surface area contributed by atoms with Crippen LogP contribution in [-0.4, -0.2) is 19.3 Å². The number of rotatable bonds is 4. The van der Waals surface area contributed by atoms with E-state index in [1.807, 2.05) is 0 Å². The van der Waals surface area contributed by atoms with Crippen LogP contribution in [0.25, 0.3) is 0 Å². The molecule has 0 aromatic carbocycles. The first-order valence-corrected chi connectivity index (χ1v) is 4.14. The van der Waals surface area contributed by atoms with Crippen LogP contribution in [0.5, 0.6) is 0 Å². The summed E-state index contributed by atoms with van der Waals surface area (Å²) in [4.78, 5) is 0. The number of hydrogen-bond acceptors (Lipinski definition) is 1. The van der Waals surface area contributed by atoms with Gasteiger partial charge in [-0.15, -0.1) is 0 Å². The Hall–Kier alpha value is -0.110. The van der Waals surface area contributed by atoms with Gasteiger partial charge in [0.25, 0.3) is 0 Å². The molecule has 1 rings (SSSR count). The summed E-state index contributed by atoms with van der Waals surface area (Å²) >= 11 is 0. The van der Waals surface area contributed by atoms with Gasteiger partial charge in [0.2, 0.25) is 0 Å². The van der Waals surface area contributed by atoms with E-state index in [2.05, 4.69) is 12.2 Å². The summed E-state index contributed by atoms with van der Waals surface area (Å²) in [6.45, 7) is 2.44. The Bertz CT molecular complexity index is 91.3. The number of hydrogen-bond donors (Lipinski definition) is 1. The van der Waals surface area contributed by atoms with Crippen molar-refractivity contribution in [2.45, 2.75) is 32.2 Å². The smallest absolute Gasteiger partial charge is 0.102 e. The van der Waals surface area contributed by atoms with Crippen LogP contribution >= 0.6 is 0 Å². The van der Waals surface area contributed by atoms with Gasteiger partial charge >= 0.3 is 0 Å². The van der Waals surface area contributed by atoms with Gasteiger partial charge in [-0.1, -0.05) is 6.42 Å². The van der Waals surface area contributed by atoms with E-state index in [1.54, 1.807) is 0 Å². The minimum Gasteiger partial charge on any atom is -0.311 e. The average molecular weight is 145 g/mol. The van der Waals surface area contributed by atoms with Crippen molar-refractivity contribution < 1.29 is 4.39 Å². The van der Waals surface area contributed by atoms with Crippen molar-refractivity contribution in [1.82, 2.24) is 5.32 Å². The molecule has 1 aliphatic carbocycles. The van der Waals surface area contributed by atoms with Crippen LogP contribution < -0.4 is 5.32 Å². The van der Waals surface area contributed by atoms with Gasteiger partial charge in [0, 0.05) is 12.6 Å². The van der Waals surface area contributed by atoms with Crippen molar-refractivity contribution >= 4 is 0 Å². The Labute approximate surface area is 62.0 Å². The first-order chi connectivity index (χ1) is 4.84. The molecule has 1 fully saturated rings. The van der Waals surface area contributed by atoms with Gasteiger partial charge in [-0.3, -0.25) is 0 Å². The maximum Gasteiger partial charge on any atom is 0.102 e. The first kappa shape index (κ1) is 7.99. The Morgan fingerprint density at radius 3 is 2.70 bits per heavy atom. The monoisotopic (exact) mass is 145 g/mol. The molecule has 1 saturated carbocycles. The second-order valence-electron chi connectivity index (χ2n) is 3.12. The molecule has 0 aromatic rings. The zero-order chi connectivity index (χ0) is 7.40. The molecule has 1 aliphatic rings. The molecule has 1 atom stereocenters. The highest BCUT2D eigenvalue weighted by Crippen LogP contribution is 2.29. The second-order valence-corrected chi connectivity index (χ2v) is 3.12. The molecule has 0 saturated heterocycles. The predicted molar refractivity (Wildman–Crippen MR) is 40.8 cm³/mol. The maximum atomic E-state index is 11.7. The lowest BCUT2D eigenvalue weighted by Crippen LogP contribution is -2.37. The summed E-state index contributed by atoms with van der Waals surface area (Å²) in [6.07, 6.45) is 4.03. The number of halogens is 1. The molecule has 0 heterocycles. The zero-order valence-corrected chi connectivity index (χ0v) is 6.57. The summed E-state index contributed by atoms with van der Waals surface area (Å²) in [7, 11) is 0. The Morgan fingerprint density at radius 2 is 2.30 bits per heavy atom. The predicted octanol–water partition coefficient (Wildman–Crippen LogP) is 1.73. The standard InChI is InChI=1S/C8H16FN/c1-7(10-6-5-9)8-3-2-4-8/h7-8,10H,2-6H2,1H3. The Balaban J connectivity index is 2.02. The average Bonchev–Trinajstić information content (AvgIpc) is 1.79. The fourth-order valence-corrected chi connectivity index (χ4v) is 1.39. The summed E-state index contributed by atoms with van der Waals surface area (Å²) in [5.41, 5.74) is 0. The second kappa shape index (κ2) is 3.91. The van der Waals surface area contributed by atoms with Gasteiger partial charge in [-0.05, 0) is 25.7 Å². The van der Waals surface area contributed by atoms with E-state index in [1.165, 1.54) is 19.3 Å². The maximum absolute atomic E-state index is 11.7. The normalized spacial score (nSPS) is 22.2. The molecule has 0 amide bonds. The molecule has 0 aliphatic heterocycles. The highest BCUT2D eigenvalue weighted by molar-refractivity contribution is 4.78. The van der Waals surface area contributed by atoms with Crippen molar-refractivity contribution in [3.63, 3.8) is 0 Å². The van der Waals surface area contributed by atoms with Gasteiger partial charge in [0.1, 0.15) is 6.67 Å². The number of alkyl halides is 1. The van der Waals surface area contributed by atoms with Crippen LogP contribution in [0.15, 0.2) is 0 Å². The fourth-order valence-electron chi connectivity index (χ4n) is 1.39. The third-order valence-electron chi connectivity index (χ3n) is 2.42. The Kier molecular flexibility index (Phi) is 3.13. The van der Waals surface area contributed by atoms with E-state index in [9.17, 15) is 4.39 Å². The lowest BCUT2D eigenvalue weighted by Gasteiger charge is -2.31. The van der Waals surface area contributed by atoms with Gasteiger partial charge in [0.15, 0.2) is 0 Å². The van der Waals surface area contributed by atoms with Crippen LogP contribution in [0.3, 0.4) is 0 Å². The minimum atomic E-state index is -0.239. The highest BCUT2D eigenvalue weighted by Gasteiger charge is 2.22. The lowest BCUT2D eigenvalue weighted by atomic mass is 9.80. The number of nitrogens with one attached hydrogen (secondary N) is 1.